The van der Waals surface area contributed by atoms with Gasteiger partial charge in [0.2, 0.25) is 5.66 Å². The molecule has 2 amide bonds. The first kappa shape index (κ1) is 18.0. The lowest BCUT2D eigenvalue weighted by Gasteiger charge is -2.44. The number of rotatable bonds is 1. The molecule has 0 unspecified atom stereocenters. The smallest absolute Gasteiger partial charge is 0.276 e. The number of para-hydroxylation sites is 2. The van der Waals surface area contributed by atoms with Crippen LogP contribution < -0.4 is 15.5 Å². The lowest BCUT2D eigenvalue weighted by Crippen LogP contribution is -2.61. The highest BCUT2D eigenvalue weighted by molar-refractivity contribution is 6.35. The predicted octanol–water partition coefficient (Wildman–Crippen LogP) is 5.01. The van der Waals surface area contributed by atoms with Gasteiger partial charge in [-0.05, 0) is 36.4 Å². The van der Waals surface area contributed by atoms with Crippen molar-refractivity contribution in [3.05, 3.63) is 87.7 Å². The molecule has 1 atom stereocenters. The van der Waals surface area contributed by atoms with Crippen molar-refractivity contribution in [2.24, 2.45) is 0 Å². The highest BCUT2D eigenvalue weighted by atomic mass is 35.5. The molecule has 2 heterocycles. The maximum Gasteiger partial charge on any atom is 0.276 e. The van der Waals surface area contributed by atoms with Crippen LogP contribution in [0.1, 0.15) is 15.9 Å². The molecule has 5 rings (SSSR count). The molecule has 0 aromatic heterocycles. The van der Waals surface area contributed by atoms with E-state index in [1.165, 1.54) is 17.0 Å². The number of hydrogen-bond acceptors (Lipinski definition) is 3. The van der Waals surface area contributed by atoms with E-state index in [1.54, 1.807) is 42.5 Å². The molecular formula is C21H12Cl2FN3O2. The van der Waals surface area contributed by atoms with Crippen molar-refractivity contribution in [3.63, 3.8) is 0 Å². The first-order valence-electron chi connectivity index (χ1n) is 8.71. The van der Waals surface area contributed by atoms with Crippen molar-refractivity contribution in [2.75, 3.05) is 15.5 Å². The summed E-state index contributed by atoms with van der Waals surface area (Å²) in [6, 6.07) is 15.8. The van der Waals surface area contributed by atoms with Crippen LogP contribution in [-0.4, -0.2) is 11.8 Å². The minimum Gasteiger partial charge on any atom is -0.350 e. The van der Waals surface area contributed by atoms with Gasteiger partial charge in [0.05, 0.1) is 21.3 Å². The summed E-state index contributed by atoms with van der Waals surface area (Å²) in [5, 5.41) is 6.17. The average Bonchev–Trinajstić information content (AvgIpc) is 2.98. The van der Waals surface area contributed by atoms with Gasteiger partial charge in [-0.2, -0.15) is 0 Å². The van der Waals surface area contributed by atoms with Gasteiger partial charge in [-0.1, -0.05) is 47.5 Å². The molecule has 5 nitrogen and oxygen atoms in total. The standard InChI is InChI=1S/C21H12Cl2FN3O2/c22-14-6-3-5-13-18(14)25-20(29)21(13)26-17-7-2-1-4-12(17)19(28)27(21)11-8-9-16(24)15(23)10-11/h1-10,26H,(H,25,29)/t21-/m1/s1. The van der Waals surface area contributed by atoms with Gasteiger partial charge in [-0.3, -0.25) is 14.5 Å². The minimum absolute atomic E-state index is 0.158. The van der Waals surface area contributed by atoms with Crippen LogP contribution in [0.2, 0.25) is 10.0 Å². The van der Waals surface area contributed by atoms with Crippen molar-refractivity contribution in [1.82, 2.24) is 0 Å². The molecule has 0 saturated carbocycles. The Labute approximate surface area is 175 Å². The summed E-state index contributed by atoms with van der Waals surface area (Å²) in [5.41, 5.74) is 0.445. The van der Waals surface area contributed by atoms with Gasteiger partial charge in [0, 0.05) is 16.9 Å². The fourth-order valence-corrected chi connectivity index (χ4v) is 4.26. The van der Waals surface area contributed by atoms with E-state index in [0.717, 1.165) is 6.07 Å². The largest absolute Gasteiger partial charge is 0.350 e. The zero-order chi connectivity index (χ0) is 20.3. The Morgan fingerprint density at radius 3 is 2.52 bits per heavy atom. The summed E-state index contributed by atoms with van der Waals surface area (Å²) in [6.45, 7) is 0. The summed E-state index contributed by atoms with van der Waals surface area (Å²) < 4.78 is 13.8. The van der Waals surface area contributed by atoms with E-state index in [1.807, 2.05) is 0 Å². The molecule has 2 aliphatic rings. The third-order valence-corrected chi connectivity index (χ3v) is 5.75. The van der Waals surface area contributed by atoms with Gasteiger partial charge < -0.3 is 10.6 Å². The van der Waals surface area contributed by atoms with Crippen LogP contribution in [0.5, 0.6) is 0 Å². The molecule has 3 aromatic rings. The van der Waals surface area contributed by atoms with Gasteiger partial charge in [0.25, 0.3) is 11.8 Å². The molecule has 144 valence electrons. The Morgan fingerprint density at radius 2 is 1.72 bits per heavy atom. The molecule has 2 N–H and O–H groups in total. The number of carbonyl (C=O) groups is 2. The quantitative estimate of drug-likeness (QED) is 0.573. The maximum atomic E-state index is 13.8. The summed E-state index contributed by atoms with van der Waals surface area (Å²) in [6.07, 6.45) is 0. The monoisotopic (exact) mass is 427 g/mol. The highest BCUT2D eigenvalue weighted by Gasteiger charge is 2.57. The van der Waals surface area contributed by atoms with E-state index in [9.17, 15) is 14.0 Å². The maximum absolute atomic E-state index is 13.8. The fourth-order valence-electron chi connectivity index (χ4n) is 3.86. The Bertz CT molecular complexity index is 1220. The first-order chi connectivity index (χ1) is 13.9. The normalized spacial score (nSPS) is 19.6. The Hall–Kier alpha value is -3.09. The van der Waals surface area contributed by atoms with E-state index in [0.29, 0.717) is 27.5 Å². The molecular weight excluding hydrogens is 416 g/mol. The molecule has 29 heavy (non-hydrogen) atoms. The van der Waals surface area contributed by atoms with Crippen molar-refractivity contribution in [3.8, 4) is 0 Å². The van der Waals surface area contributed by atoms with Crippen LogP contribution in [0.25, 0.3) is 0 Å². The lowest BCUT2D eigenvalue weighted by atomic mass is 9.92. The van der Waals surface area contributed by atoms with Crippen molar-refractivity contribution >= 4 is 52.1 Å². The number of anilines is 3. The van der Waals surface area contributed by atoms with Crippen molar-refractivity contribution in [2.45, 2.75) is 5.66 Å². The topological polar surface area (TPSA) is 61.4 Å². The van der Waals surface area contributed by atoms with E-state index < -0.39 is 23.3 Å². The number of nitrogens with zero attached hydrogens (tertiary/aromatic N) is 1. The van der Waals surface area contributed by atoms with E-state index in [4.69, 9.17) is 23.2 Å². The van der Waals surface area contributed by atoms with Crippen molar-refractivity contribution in [1.29, 1.82) is 0 Å². The average molecular weight is 428 g/mol. The highest BCUT2D eigenvalue weighted by Crippen LogP contribution is 2.49. The number of carbonyl (C=O) groups excluding carboxylic acids is 2. The third kappa shape index (κ3) is 2.39. The molecule has 2 aliphatic heterocycles. The van der Waals surface area contributed by atoms with Crippen molar-refractivity contribution < 1.29 is 14.0 Å². The second kappa shape index (κ2) is 6.20. The molecule has 0 bridgehead atoms. The lowest BCUT2D eigenvalue weighted by molar-refractivity contribution is -0.119. The Morgan fingerprint density at radius 1 is 0.931 bits per heavy atom. The first-order valence-corrected chi connectivity index (χ1v) is 9.46. The van der Waals surface area contributed by atoms with Gasteiger partial charge in [0.1, 0.15) is 5.82 Å². The number of amides is 2. The molecule has 3 aromatic carbocycles. The van der Waals surface area contributed by atoms with Crippen LogP contribution in [0.15, 0.2) is 60.7 Å². The fraction of sp³-hybridized carbons (Fsp3) is 0.0476. The van der Waals surface area contributed by atoms with Gasteiger partial charge in [-0.15, -0.1) is 0 Å². The Balaban J connectivity index is 1.83. The van der Waals surface area contributed by atoms with Crippen LogP contribution >= 0.6 is 23.2 Å². The molecule has 8 heteroatoms. The number of fused-ring (bicyclic) bond motifs is 3. The van der Waals surface area contributed by atoms with Crippen LogP contribution in [0.4, 0.5) is 21.5 Å². The van der Waals surface area contributed by atoms with E-state index in [2.05, 4.69) is 10.6 Å². The summed E-state index contributed by atoms with van der Waals surface area (Å²) in [5.74, 6) is -1.53. The van der Waals surface area contributed by atoms with Gasteiger partial charge >= 0.3 is 0 Å². The van der Waals surface area contributed by atoms with Crippen LogP contribution in [0.3, 0.4) is 0 Å². The zero-order valence-electron chi connectivity index (χ0n) is 14.7. The number of nitrogens with one attached hydrogen (secondary N) is 2. The molecule has 0 fully saturated rings. The summed E-state index contributed by atoms with van der Waals surface area (Å²) in [7, 11) is 0. The van der Waals surface area contributed by atoms with E-state index in [-0.39, 0.29) is 10.7 Å². The number of benzene rings is 3. The SMILES string of the molecule is O=C1c2ccccc2N[C@@]2(C(=O)Nc3c(Cl)cccc32)N1c1ccc(F)c(Cl)c1. The predicted molar refractivity (Wildman–Crippen MR) is 110 cm³/mol. The van der Waals surface area contributed by atoms with Crippen LogP contribution in [0, 0.1) is 5.82 Å². The molecule has 1 spiro atoms. The van der Waals surface area contributed by atoms with Gasteiger partial charge in [-0.25, -0.2) is 4.39 Å². The number of halogens is 3. The molecule has 0 saturated heterocycles. The van der Waals surface area contributed by atoms with E-state index >= 15 is 0 Å². The van der Waals surface area contributed by atoms with Gasteiger partial charge in [0.15, 0.2) is 0 Å². The number of hydrogen-bond donors (Lipinski definition) is 2. The van der Waals surface area contributed by atoms with Crippen LogP contribution in [-0.2, 0) is 10.5 Å². The second-order valence-corrected chi connectivity index (χ2v) is 7.55. The molecule has 0 aliphatic carbocycles. The summed E-state index contributed by atoms with van der Waals surface area (Å²) >= 11 is 12.3. The second-order valence-electron chi connectivity index (χ2n) is 6.74. The minimum atomic E-state index is -1.60. The Kier molecular flexibility index (Phi) is 3.84. The summed E-state index contributed by atoms with van der Waals surface area (Å²) in [4.78, 5) is 28.2. The molecule has 0 radical (unpaired) electrons. The zero-order valence-corrected chi connectivity index (χ0v) is 16.2. The third-order valence-electron chi connectivity index (χ3n) is 5.14.